The normalized spacial score (nSPS) is 10.3. The Kier molecular flexibility index (Phi) is 3.98. The monoisotopic (exact) mass is 307 g/mol. The minimum atomic E-state index is -0.581. The number of hydrogen-bond donors (Lipinski definition) is 1. The van der Waals surface area contributed by atoms with Crippen LogP contribution in [0, 0.1) is 27.2 Å². The minimum Gasteiger partial charge on any atom is -0.368 e. The SMILES string of the molecule is Cc1nc(N)nc(Sc2ccc([N+](=O)[O-])cc2)c1[N+](=O)[O-]. The quantitative estimate of drug-likeness (QED) is 0.516. The molecule has 2 aromatic rings. The standard InChI is InChI=1S/C11H9N5O4S/c1-6-9(16(19)20)10(14-11(12)13-6)21-8-4-2-7(3-5-8)15(17)18/h2-5H,1H3,(H2,12,13,14). The average molecular weight is 307 g/mol. The van der Waals surface area contributed by atoms with Crippen LogP contribution in [0.5, 0.6) is 0 Å². The van der Waals surface area contributed by atoms with Gasteiger partial charge < -0.3 is 5.73 Å². The van der Waals surface area contributed by atoms with Crippen LogP contribution in [0.1, 0.15) is 5.69 Å². The fraction of sp³-hybridized carbons (Fsp3) is 0.0909. The molecular weight excluding hydrogens is 298 g/mol. The van der Waals surface area contributed by atoms with Gasteiger partial charge in [0, 0.05) is 17.0 Å². The topological polar surface area (TPSA) is 138 Å². The second kappa shape index (κ2) is 5.71. The fourth-order valence-electron chi connectivity index (χ4n) is 1.59. The van der Waals surface area contributed by atoms with Crippen molar-refractivity contribution in [2.75, 3.05) is 5.73 Å². The molecule has 0 amide bonds. The van der Waals surface area contributed by atoms with E-state index in [1.807, 2.05) is 0 Å². The number of nitro benzene ring substituents is 1. The lowest BCUT2D eigenvalue weighted by Gasteiger charge is -2.05. The van der Waals surface area contributed by atoms with Crippen molar-refractivity contribution < 1.29 is 9.85 Å². The van der Waals surface area contributed by atoms with Gasteiger partial charge in [0.05, 0.1) is 9.85 Å². The van der Waals surface area contributed by atoms with Crippen LogP contribution in [0.3, 0.4) is 0 Å². The molecule has 0 saturated heterocycles. The number of hydrogen-bond acceptors (Lipinski definition) is 8. The molecule has 0 spiro atoms. The first-order valence-electron chi connectivity index (χ1n) is 5.59. The summed E-state index contributed by atoms with van der Waals surface area (Å²) in [5, 5.41) is 21.7. The Morgan fingerprint density at radius 3 is 2.24 bits per heavy atom. The molecule has 1 aromatic carbocycles. The van der Waals surface area contributed by atoms with Gasteiger partial charge in [-0.3, -0.25) is 20.2 Å². The minimum absolute atomic E-state index is 0.0627. The molecule has 2 rings (SSSR count). The van der Waals surface area contributed by atoms with Crippen molar-refractivity contribution in [3.05, 3.63) is 50.2 Å². The van der Waals surface area contributed by atoms with Crippen LogP contribution in [0.25, 0.3) is 0 Å². The number of benzene rings is 1. The van der Waals surface area contributed by atoms with Crippen LogP contribution in [0.15, 0.2) is 34.2 Å². The molecule has 21 heavy (non-hydrogen) atoms. The summed E-state index contributed by atoms with van der Waals surface area (Å²) in [6, 6.07) is 5.59. The number of rotatable bonds is 4. The predicted molar refractivity (Wildman–Crippen MR) is 75.1 cm³/mol. The Hall–Kier alpha value is -2.75. The van der Waals surface area contributed by atoms with Gasteiger partial charge in [-0.1, -0.05) is 11.8 Å². The predicted octanol–water partition coefficient (Wildman–Crippen LogP) is 2.33. The van der Waals surface area contributed by atoms with E-state index in [1.165, 1.54) is 31.2 Å². The van der Waals surface area contributed by atoms with Crippen molar-refractivity contribution in [3.63, 3.8) is 0 Å². The third-order valence-corrected chi connectivity index (χ3v) is 3.47. The number of aryl methyl sites for hydroxylation is 1. The van der Waals surface area contributed by atoms with Gasteiger partial charge in [0.15, 0.2) is 5.03 Å². The Morgan fingerprint density at radius 1 is 1.10 bits per heavy atom. The number of nitrogens with two attached hydrogens (primary N) is 1. The summed E-state index contributed by atoms with van der Waals surface area (Å²) in [6.07, 6.45) is 0. The first kappa shape index (κ1) is 14.7. The van der Waals surface area contributed by atoms with Gasteiger partial charge in [0.2, 0.25) is 5.95 Å². The van der Waals surface area contributed by atoms with Crippen LogP contribution in [0.2, 0.25) is 0 Å². The second-order valence-electron chi connectivity index (χ2n) is 3.93. The molecule has 9 nitrogen and oxygen atoms in total. The van der Waals surface area contributed by atoms with Gasteiger partial charge in [-0.2, -0.15) is 4.98 Å². The smallest absolute Gasteiger partial charge is 0.322 e. The van der Waals surface area contributed by atoms with Crippen molar-refractivity contribution in [1.29, 1.82) is 0 Å². The van der Waals surface area contributed by atoms with E-state index in [-0.39, 0.29) is 28.0 Å². The molecular formula is C11H9N5O4S. The molecule has 10 heteroatoms. The summed E-state index contributed by atoms with van der Waals surface area (Å²) < 4.78 is 0. The number of aromatic nitrogens is 2. The zero-order chi connectivity index (χ0) is 15.6. The van der Waals surface area contributed by atoms with Crippen molar-refractivity contribution in [2.24, 2.45) is 0 Å². The molecule has 0 saturated carbocycles. The highest BCUT2D eigenvalue weighted by molar-refractivity contribution is 7.99. The molecule has 108 valence electrons. The highest BCUT2D eigenvalue weighted by Gasteiger charge is 2.22. The van der Waals surface area contributed by atoms with Gasteiger partial charge in [-0.25, -0.2) is 4.98 Å². The molecule has 2 N–H and O–H groups in total. The molecule has 0 unspecified atom stereocenters. The maximum atomic E-state index is 11.1. The molecule has 0 radical (unpaired) electrons. The third kappa shape index (κ3) is 3.23. The van der Waals surface area contributed by atoms with E-state index in [1.54, 1.807) is 0 Å². The molecule has 0 bridgehead atoms. The fourth-order valence-corrected chi connectivity index (χ4v) is 2.54. The van der Waals surface area contributed by atoms with Gasteiger partial charge in [-0.15, -0.1) is 0 Å². The van der Waals surface area contributed by atoms with Crippen molar-refractivity contribution in [2.45, 2.75) is 16.8 Å². The third-order valence-electron chi connectivity index (χ3n) is 2.49. The second-order valence-corrected chi connectivity index (χ2v) is 4.99. The van der Waals surface area contributed by atoms with E-state index in [4.69, 9.17) is 5.73 Å². The van der Waals surface area contributed by atoms with Crippen LogP contribution in [0.4, 0.5) is 17.3 Å². The maximum Gasteiger partial charge on any atom is 0.322 e. The summed E-state index contributed by atoms with van der Waals surface area (Å²) in [4.78, 5) is 28.7. The number of nitrogens with zero attached hydrogens (tertiary/aromatic N) is 4. The van der Waals surface area contributed by atoms with E-state index < -0.39 is 9.85 Å². The molecule has 0 fully saturated rings. The number of anilines is 1. The zero-order valence-corrected chi connectivity index (χ0v) is 11.5. The van der Waals surface area contributed by atoms with E-state index in [0.717, 1.165) is 11.8 Å². The van der Waals surface area contributed by atoms with Crippen molar-refractivity contribution in [1.82, 2.24) is 9.97 Å². The lowest BCUT2D eigenvalue weighted by Crippen LogP contribution is -2.04. The molecule has 0 aliphatic rings. The lowest BCUT2D eigenvalue weighted by atomic mass is 10.3. The molecule has 1 aromatic heterocycles. The Morgan fingerprint density at radius 2 is 1.71 bits per heavy atom. The van der Waals surface area contributed by atoms with E-state index in [0.29, 0.717) is 4.90 Å². The summed E-state index contributed by atoms with van der Waals surface area (Å²) in [6.45, 7) is 1.47. The lowest BCUT2D eigenvalue weighted by molar-refractivity contribution is -0.389. The van der Waals surface area contributed by atoms with Gasteiger partial charge >= 0.3 is 5.69 Å². The summed E-state index contributed by atoms with van der Waals surface area (Å²) in [7, 11) is 0. The zero-order valence-electron chi connectivity index (χ0n) is 10.7. The Bertz CT molecular complexity index is 719. The average Bonchev–Trinajstić information content (AvgIpc) is 2.37. The Labute approximate surface area is 122 Å². The van der Waals surface area contributed by atoms with Gasteiger partial charge in [0.25, 0.3) is 5.69 Å². The molecule has 1 heterocycles. The number of nitro groups is 2. The largest absolute Gasteiger partial charge is 0.368 e. The number of non-ortho nitro benzene ring substituents is 1. The Balaban J connectivity index is 2.39. The van der Waals surface area contributed by atoms with Crippen LogP contribution in [-0.4, -0.2) is 19.8 Å². The first-order valence-corrected chi connectivity index (χ1v) is 6.41. The van der Waals surface area contributed by atoms with Crippen molar-refractivity contribution >= 4 is 29.1 Å². The van der Waals surface area contributed by atoms with Crippen LogP contribution in [-0.2, 0) is 0 Å². The van der Waals surface area contributed by atoms with E-state index in [9.17, 15) is 20.2 Å². The first-order chi connectivity index (χ1) is 9.88. The molecule has 0 atom stereocenters. The van der Waals surface area contributed by atoms with Crippen molar-refractivity contribution in [3.8, 4) is 0 Å². The molecule has 0 aliphatic heterocycles. The highest BCUT2D eigenvalue weighted by Crippen LogP contribution is 2.35. The molecule has 0 aliphatic carbocycles. The number of nitrogen functional groups attached to an aromatic ring is 1. The summed E-state index contributed by atoms with van der Waals surface area (Å²) in [5.41, 5.74) is 5.37. The van der Waals surface area contributed by atoms with Crippen LogP contribution >= 0.6 is 11.8 Å². The summed E-state index contributed by atoms with van der Waals surface area (Å²) in [5.74, 6) is -0.0671. The van der Waals surface area contributed by atoms with Gasteiger partial charge in [-0.05, 0) is 19.1 Å². The van der Waals surface area contributed by atoms with Crippen LogP contribution < -0.4 is 5.73 Å². The van der Waals surface area contributed by atoms with E-state index in [2.05, 4.69) is 9.97 Å². The maximum absolute atomic E-state index is 11.1. The van der Waals surface area contributed by atoms with Gasteiger partial charge in [0.1, 0.15) is 5.69 Å². The highest BCUT2D eigenvalue weighted by atomic mass is 32.2. The van der Waals surface area contributed by atoms with E-state index >= 15 is 0 Å². The summed E-state index contributed by atoms with van der Waals surface area (Å²) >= 11 is 0.996.